The van der Waals surface area contributed by atoms with Crippen LogP contribution in [0.15, 0.2) is 40.1 Å². The number of aromatic nitrogens is 2. The summed E-state index contributed by atoms with van der Waals surface area (Å²) in [5, 5.41) is 2.99. The summed E-state index contributed by atoms with van der Waals surface area (Å²) in [7, 11) is -3.54. The summed E-state index contributed by atoms with van der Waals surface area (Å²) in [6, 6.07) is 3.47. The predicted molar refractivity (Wildman–Crippen MR) is 89.3 cm³/mol. The topological polar surface area (TPSA) is 84.0 Å². The van der Waals surface area contributed by atoms with Crippen molar-refractivity contribution in [3.05, 3.63) is 46.3 Å². The average molecular weight is 385 g/mol. The monoisotopic (exact) mass is 384 g/mol. The number of nitrogens with one attached hydrogen (secondary N) is 2. The Kier molecular flexibility index (Phi) is 5.49. The second-order valence-corrected chi connectivity index (χ2v) is 7.37. The molecular weight excluding hydrogens is 368 g/mol. The van der Waals surface area contributed by atoms with E-state index >= 15 is 0 Å². The number of benzene rings is 1. The zero-order valence-electron chi connectivity index (χ0n) is 12.3. The van der Waals surface area contributed by atoms with Crippen molar-refractivity contribution in [3.8, 4) is 0 Å². The van der Waals surface area contributed by atoms with E-state index in [1.807, 2.05) is 13.0 Å². The van der Waals surface area contributed by atoms with Gasteiger partial charge in [0, 0.05) is 30.0 Å². The van der Waals surface area contributed by atoms with Crippen molar-refractivity contribution in [2.24, 2.45) is 0 Å². The lowest BCUT2D eigenvalue weighted by Gasteiger charge is -2.11. The van der Waals surface area contributed by atoms with Crippen LogP contribution in [0.5, 0.6) is 0 Å². The van der Waals surface area contributed by atoms with Gasteiger partial charge < -0.3 is 5.32 Å². The van der Waals surface area contributed by atoms with Gasteiger partial charge >= 0.3 is 0 Å². The van der Waals surface area contributed by atoms with Gasteiger partial charge in [0.25, 0.3) is 0 Å². The number of halogens is 1. The summed E-state index contributed by atoms with van der Waals surface area (Å²) in [4.78, 5) is 8.25. The third-order valence-corrected chi connectivity index (χ3v) is 5.49. The minimum absolute atomic E-state index is 0.254. The van der Waals surface area contributed by atoms with Crippen LogP contribution >= 0.6 is 15.9 Å². The smallest absolute Gasteiger partial charge is 0.240 e. The van der Waals surface area contributed by atoms with E-state index in [0.29, 0.717) is 12.4 Å². The molecule has 0 amide bonds. The van der Waals surface area contributed by atoms with Gasteiger partial charge in [-0.05, 0) is 31.0 Å². The van der Waals surface area contributed by atoms with E-state index in [-0.39, 0.29) is 11.4 Å². The lowest BCUT2D eigenvalue weighted by atomic mass is 10.2. The van der Waals surface area contributed by atoms with Crippen molar-refractivity contribution in [3.63, 3.8) is 0 Å². The molecule has 0 aliphatic rings. The number of nitrogens with zero attached hydrogens (tertiary/aromatic N) is 2. The van der Waals surface area contributed by atoms with Crippen LogP contribution in [0.25, 0.3) is 0 Å². The van der Waals surface area contributed by atoms with Gasteiger partial charge in [0.2, 0.25) is 10.0 Å². The van der Waals surface area contributed by atoms with Crippen LogP contribution in [0.1, 0.15) is 11.1 Å². The second kappa shape index (κ2) is 7.17. The Morgan fingerprint density at radius 3 is 2.59 bits per heavy atom. The van der Waals surface area contributed by atoms with E-state index in [1.165, 1.54) is 0 Å². The van der Waals surface area contributed by atoms with E-state index in [2.05, 4.69) is 35.9 Å². The van der Waals surface area contributed by atoms with Crippen LogP contribution in [-0.2, 0) is 10.0 Å². The molecule has 22 heavy (non-hydrogen) atoms. The van der Waals surface area contributed by atoms with Crippen molar-refractivity contribution in [2.45, 2.75) is 18.7 Å². The molecule has 0 spiro atoms. The number of anilines is 1. The maximum atomic E-state index is 12.3. The zero-order chi connectivity index (χ0) is 16.2. The minimum Gasteiger partial charge on any atom is -0.367 e. The van der Waals surface area contributed by atoms with E-state index < -0.39 is 10.0 Å². The highest BCUT2D eigenvalue weighted by Crippen LogP contribution is 2.24. The summed E-state index contributed by atoms with van der Waals surface area (Å²) in [6.07, 6.45) is 4.72. The van der Waals surface area contributed by atoms with E-state index in [1.54, 1.807) is 31.6 Å². The molecule has 0 bridgehead atoms. The van der Waals surface area contributed by atoms with Gasteiger partial charge in [-0.25, -0.2) is 18.1 Å². The Hall–Kier alpha value is -1.51. The van der Waals surface area contributed by atoms with Crippen LogP contribution in [0.3, 0.4) is 0 Å². The molecule has 0 radical (unpaired) electrons. The minimum atomic E-state index is -3.54. The summed E-state index contributed by atoms with van der Waals surface area (Å²) < 4.78 is 28.0. The Morgan fingerprint density at radius 1 is 1.14 bits per heavy atom. The average Bonchev–Trinajstić information content (AvgIpc) is 2.48. The van der Waals surface area contributed by atoms with Crippen LogP contribution in [0.2, 0.25) is 0 Å². The van der Waals surface area contributed by atoms with Gasteiger partial charge in [0.15, 0.2) is 0 Å². The van der Waals surface area contributed by atoms with Gasteiger partial charge in [0.05, 0.1) is 11.1 Å². The van der Waals surface area contributed by atoms with Gasteiger partial charge in [-0.3, -0.25) is 4.98 Å². The first kappa shape index (κ1) is 16.9. The number of sulfonamides is 1. The molecule has 2 rings (SSSR count). The lowest BCUT2D eigenvalue weighted by Crippen LogP contribution is -2.29. The van der Waals surface area contributed by atoms with Crippen molar-refractivity contribution in [1.82, 2.24) is 14.7 Å². The first-order valence-corrected chi connectivity index (χ1v) is 8.94. The fraction of sp³-hybridized carbons (Fsp3) is 0.286. The van der Waals surface area contributed by atoms with Crippen LogP contribution < -0.4 is 10.0 Å². The van der Waals surface area contributed by atoms with Crippen LogP contribution in [0, 0.1) is 13.8 Å². The normalized spacial score (nSPS) is 11.4. The molecule has 1 heterocycles. The van der Waals surface area contributed by atoms with Gasteiger partial charge in [0.1, 0.15) is 5.82 Å². The number of hydrogen-bond acceptors (Lipinski definition) is 5. The van der Waals surface area contributed by atoms with E-state index in [0.717, 1.165) is 15.6 Å². The molecule has 118 valence electrons. The molecule has 0 saturated carbocycles. The molecule has 0 unspecified atom stereocenters. The Morgan fingerprint density at radius 2 is 1.91 bits per heavy atom. The van der Waals surface area contributed by atoms with Gasteiger partial charge in [-0.15, -0.1) is 0 Å². The Labute approximate surface area is 138 Å². The van der Waals surface area contributed by atoms with Gasteiger partial charge in [-0.2, -0.15) is 0 Å². The fourth-order valence-electron chi connectivity index (χ4n) is 1.94. The summed E-state index contributed by atoms with van der Waals surface area (Å²) in [6.45, 7) is 4.38. The molecule has 0 fully saturated rings. The Balaban J connectivity index is 1.98. The maximum absolute atomic E-state index is 12.3. The molecule has 1 aromatic heterocycles. The summed E-state index contributed by atoms with van der Waals surface area (Å²) in [5.41, 5.74) is 1.72. The number of rotatable bonds is 6. The van der Waals surface area contributed by atoms with Crippen molar-refractivity contribution >= 4 is 31.8 Å². The first-order chi connectivity index (χ1) is 10.4. The van der Waals surface area contributed by atoms with E-state index in [9.17, 15) is 8.42 Å². The lowest BCUT2D eigenvalue weighted by molar-refractivity contribution is 0.582. The molecule has 1 aromatic carbocycles. The Bertz CT molecular complexity index is 751. The largest absolute Gasteiger partial charge is 0.367 e. The quantitative estimate of drug-likeness (QED) is 0.746. The molecule has 0 aliphatic heterocycles. The molecule has 0 saturated heterocycles. The second-order valence-electron chi connectivity index (χ2n) is 4.78. The van der Waals surface area contributed by atoms with Crippen molar-refractivity contribution in [1.29, 1.82) is 0 Å². The molecular formula is C14H17BrN4O2S. The first-order valence-electron chi connectivity index (χ1n) is 6.66. The predicted octanol–water partition coefficient (Wildman–Crippen LogP) is 2.25. The fourth-order valence-corrected chi connectivity index (χ4v) is 3.72. The third-order valence-electron chi connectivity index (χ3n) is 3.03. The molecule has 0 atom stereocenters. The molecule has 0 aliphatic carbocycles. The molecule has 6 nitrogen and oxygen atoms in total. The van der Waals surface area contributed by atoms with Crippen molar-refractivity contribution in [2.75, 3.05) is 18.4 Å². The van der Waals surface area contributed by atoms with Crippen LogP contribution in [0.4, 0.5) is 5.82 Å². The number of hydrogen-bond donors (Lipinski definition) is 2. The third kappa shape index (κ3) is 4.25. The highest BCUT2D eigenvalue weighted by molar-refractivity contribution is 9.10. The standard InChI is InChI=1S/C14H17BrN4O2S/c1-10-7-11(2)13(8-12(10)15)22(20,21)19-6-5-18-14-9-16-3-4-17-14/h3-4,7-9,19H,5-6H2,1-2H3,(H,17,18). The highest BCUT2D eigenvalue weighted by atomic mass is 79.9. The zero-order valence-corrected chi connectivity index (χ0v) is 14.7. The highest BCUT2D eigenvalue weighted by Gasteiger charge is 2.17. The van der Waals surface area contributed by atoms with Crippen LogP contribution in [-0.4, -0.2) is 31.5 Å². The molecule has 2 N–H and O–H groups in total. The maximum Gasteiger partial charge on any atom is 0.240 e. The summed E-state index contributed by atoms with van der Waals surface area (Å²) in [5.74, 6) is 0.607. The van der Waals surface area contributed by atoms with E-state index in [4.69, 9.17) is 0 Å². The summed E-state index contributed by atoms with van der Waals surface area (Å²) >= 11 is 3.37. The van der Waals surface area contributed by atoms with Gasteiger partial charge in [-0.1, -0.05) is 22.0 Å². The van der Waals surface area contributed by atoms with Crippen molar-refractivity contribution < 1.29 is 8.42 Å². The SMILES string of the molecule is Cc1cc(C)c(S(=O)(=O)NCCNc2cnccn2)cc1Br. The molecule has 2 aromatic rings. The molecule has 8 heteroatoms. The number of aryl methyl sites for hydroxylation is 2.